The molecule has 11 rings (SSSR count). The highest BCUT2D eigenvalue weighted by Crippen LogP contribution is 2.46. The highest BCUT2D eigenvalue weighted by molar-refractivity contribution is 6.27. The van der Waals surface area contributed by atoms with Crippen molar-refractivity contribution >= 4 is 64.1 Å². The second-order valence-electron chi connectivity index (χ2n) is 21.7. The minimum absolute atomic E-state index is 0.0374. The number of anilines is 3. The number of halogens is 2. The highest BCUT2D eigenvalue weighted by atomic mass is 19.3. The van der Waals surface area contributed by atoms with Gasteiger partial charge in [-0.05, 0) is 130 Å². The van der Waals surface area contributed by atoms with Crippen molar-refractivity contribution in [3.05, 3.63) is 88.4 Å². The monoisotopic (exact) mass is 1070 g/mol. The second kappa shape index (κ2) is 23.8. The number of nitrogens with one attached hydrogen (secondary N) is 2. The highest BCUT2D eigenvalue weighted by Gasteiger charge is 2.42. The molecule has 6 aliphatic heterocycles. The molecule has 1 atom stereocenters. The van der Waals surface area contributed by atoms with Crippen LogP contribution in [0.5, 0.6) is 0 Å². The van der Waals surface area contributed by atoms with Gasteiger partial charge in [0.1, 0.15) is 6.04 Å². The molecular weight excluding hydrogens is 1000 g/mol. The molecule has 0 spiro atoms. The summed E-state index contributed by atoms with van der Waals surface area (Å²) in [6.07, 6.45) is 14.2. The number of carboxylic acid groups (broad SMARTS) is 1. The van der Waals surface area contributed by atoms with Gasteiger partial charge in [-0.15, -0.1) is 0 Å². The Morgan fingerprint density at radius 1 is 0.859 bits per heavy atom. The molecule has 3 saturated heterocycles. The Hall–Kier alpha value is -7.22. The second-order valence-corrected chi connectivity index (χ2v) is 21.7. The van der Waals surface area contributed by atoms with Crippen LogP contribution in [-0.4, -0.2) is 134 Å². The molecule has 3 aromatic carbocycles. The summed E-state index contributed by atoms with van der Waals surface area (Å²) in [6.45, 7) is 5.77. The van der Waals surface area contributed by atoms with E-state index in [1.807, 2.05) is 29.2 Å². The molecule has 3 fully saturated rings. The quantitative estimate of drug-likeness (QED) is 0.0517. The fraction of sp³-hybridized carbons (Fsp3) is 0.517. The van der Waals surface area contributed by atoms with Crippen LogP contribution in [0.1, 0.15) is 147 Å². The van der Waals surface area contributed by atoms with E-state index in [2.05, 4.69) is 42.3 Å². The summed E-state index contributed by atoms with van der Waals surface area (Å²) in [5.74, 6) is 0.458. The first kappa shape index (κ1) is 54.1. The number of urea groups is 1. The minimum atomic E-state index is -2.68. The van der Waals surface area contributed by atoms with E-state index in [0.717, 1.165) is 135 Å². The molecule has 1 unspecified atom stereocenters. The summed E-state index contributed by atoms with van der Waals surface area (Å²) < 4.78 is 33.3. The number of fused-ring (bicyclic) bond motifs is 2. The van der Waals surface area contributed by atoms with Gasteiger partial charge in [0, 0.05) is 105 Å². The molecule has 6 amide bonds. The number of nitrogens with zero attached hydrogens (tertiary/aromatic N) is 9. The molecule has 5 aromatic rings. The predicted molar refractivity (Wildman–Crippen MR) is 291 cm³/mol. The van der Waals surface area contributed by atoms with Crippen molar-refractivity contribution in [1.29, 1.82) is 0 Å². The van der Waals surface area contributed by atoms with Gasteiger partial charge in [0.15, 0.2) is 5.82 Å². The van der Waals surface area contributed by atoms with E-state index in [0.29, 0.717) is 74.6 Å². The predicted octanol–water partition coefficient (Wildman–Crippen LogP) is 8.40. The van der Waals surface area contributed by atoms with Crippen LogP contribution in [0.25, 0.3) is 21.9 Å². The number of alkyl halides is 2. The molecule has 0 bridgehead atoms. The number of piperidine rings is 3. The summed E-state index contributed by atoms with van der Waals surface area (Å²) in [5.41, 5.74) is 7.54. The van der Waals surface area contributed by atoms with Crippen molar-refractivity contribution < 1.29 is 42.7 Å². The Morgan fingerprint density at radius 3 is 2.33 bits per heavy atom. The zero-order valence-corrected chi connectivity index (χ0v) is 44.7. The standard InChI is InChI=1S/C57H69F2N11O5.CH2O2/c1-60-57(75)67-30-23-46-45(35-67)54(68-25-10-11-37-31-43(38-33-61-64(2)34-38)44(53(58)59)32-49(37)68)63-70(46)39-21-28-66(29-22-39)51(72)14-7-5-3-4-6-8-24-65-26-19-36(20-27-65)40-15-16-47-52-41(40)12-9-13-42(52)56(74)69(47)48-17-18-50(71)62-55(48)73;2-1-3/h9,12-13,15-16,31-34,36,39,48,53H,3-8,10-11,14,17-30,35H2,1-2H3,(H,60,75)(H,62,71,73);1H,(H,2,3). The number of hydrogen-bond donors (Lipinski definition) is 3. The topological polar surface area (TPSA) is 199 Å². The zero-order valence-electron chi connectivity index (χ0n) is 44.7. The Kier molecular flexibility index (Phi) is 16.5. The molecule has 6 aliphatic rings. The third-order valence-electron chi connectivity index (χ3n) is 17.0. The van der Waals surface area contributed by atoms with Crippen LogP contribution in [0.3, 0.4) is 0 Å². The largest absolute Gasteiger partial charge is 0.483 e. The van der Waals surface area contributed by atoms with Gasteiger partial charge in [-0.25, -0.2) is 13.6 Å². The Morgan fingerprint density at radius 2 is 1.62 bits per heavy atom. The normalized spacial score (nSPS) is 19.0. The van der Waals surface area contributed by atoms with Crippen molar-refractivity contribution in [2.24, 2.45) is 7.05 Å². The van der Waals surface area contributed by atoms with Crippen LogP contribution < -0.4 is 20.4 Å². The Bertz CT molecular complexity index is 3070. The summed E-state index contributed by atoms with van der Waals surface area (Å²) in [7, 11) is 3.41. The van der Waals surface area contributed by atoms with Gasteiger partial charge in [-0.3, -0.25) is 43.6 Å². The van der Waals surface area contributed by atoms with Crippen molar-refractivity contribution in [2.75, 3.05) is 62.7 Å². The Balaban J connectivity index is 0.00000224. The molecule has 2 aromatic heterocycles. The first-order valence-corrected chi connectivity index (χ1v) is 28.0. The molecule has 0 saturated carbocycles. The molecule has 0 aliphatic carbocycles. The maximum Gasteiger partial charge on any atom is 0.317 e. The average Bonchev–Trinajstić information content (AvgIpc) is 4.30. The Labute approximate surface area is 453 Å². The molecule has 78 heavy (non-hydrogen) atoms. The number of imide groups is 1. The fourth-order valence-electron chi connectivity index (χ4n) is 13.1. The van der Waals surface area contributed by atoms with E-state index < -0.39 is 18.4 Å². The third-order valence-corrected chi connectivity index (χ3v) is 17.0. The van der Waals surface area contributed by atoms with E-state index in [-0.39, 0.29) is 48.3 Å². The molecule has 3 N–H and O–H groups in total. The first-order valence-electron chi connectivity index (χ1n) is 28.0. The third kappa shape index (κ3) is 11.0. The number of carbonyl (C=O) groups excluding carboxylic acids is 5. The zero-order chi connectivity index (χ0) is 54.6. The lowest BCUT2D eigenvalue weighted by atomic mass is 9.85. The number of amides is 6. The maximum absolute atomic E-state index is 14.8. The number of benzene rings is 3. The number of carbonyl (C=O) groups is 6. The van der Waals surface area contributed by atoms with Gasteiger partial charge >= 0.3 is 6.03 Å². The van der Waals surface area contributed by atoms with Gasteiger partial charge < -0.3 is 30.0 Å². The molecule has 20 heteroatoms. The number of hydrogen-bond acceptors (Lipinski definition) is 10. The number of unbranched alkanes of at least 4 members (excludes halogenated alkanes) is 5. The lowest BCUT2D eigenvalue weighted by Gasteiger charge is -2.34. The number of aromatic nitrogens is 4. The van der Waals surface area contributed by atoms with Gasteiger partial charge in [0.2, 0.25) is 17.7 Å². The number of likely N-dealkylation sites (tertiary alicyclic amines) is 2. The van der Waals surface area contributed by atoms with E-state index in [4.69, 9.17) is 15.0 Å². The fourth-order valence-corrected chi connectivity index (χ4v) is 13.1. The van der Waals surface area contributed by atoms with Crippen LogP contribution in [0, 0.1) is 0 Å². The van der Waals surface area contributed by atoms with Gasteiger partial charge in [-0.2, -0.15) is 10.2 Å². The van der Waals surface area contributed by atoms with Crippen LogP contribution >= 0.6 is 0 Å². The first-order chi connectivity index (χ1) is 37.9. The summed E-state index contributed by atoms with van der Waals surface area (Å²) in [6, 6.07) is 12.8. The van der Waals surface area contributed by atoms with Crippen LogP contribution in [0.2, 0.25) is 0 Å². The van der Waals surface area contributed by atoms with Crippen molar-refractivity contribution in [2.45, 2.75) is 134 Å². The van der Waals surface area contributed by atoms with Crippen molar-refractivity contribution in [3.8, 4) is 11.1 Å². The SMILES string of the molecule is CNC(=O)N1CCc2c(c(N3CCCc4cc(-c5cnn(C)c5)c(C(F)F)cc43)nn2C2CCN(C(=O)CCCCCCCCN3CCC(c4ccc5c6c(cccc46)C(=O)N5C4CCC(=O)NC4=O)CC3)CC2)C1.O=CO. The summed E-state index contributed by atoms with van der Waals surface area (Å²) >= 11 is 0. The van der Waals surface area contributed by atoms with Crippen molar-refractivity contribution in [1.82, 2.24) is 44.9 Å². The average molecular weight is 1070 g/mol. The van der Waals surface area contributed by atoms with E-state index in [1.165, 1.54) is 12.0 Å². The maximum atomic E-state index is 14.8. The molecule has 0 radical (unpaired) electrons. The van der Waals surface area contributed by atoms with Crippen LogP contribution in [0.4, 0.5) is 30.8 Å². The summed E-state index contributed by atoms with van der Waals surface area (Å²) in [5, 5.41) is 23.6. The smallest absolute Gasteiger partial charge is 0.317 e. The minimum Gasteiger partial charge on any atom is -0.483 e. The van der Waals surface area contributed by atoms with Gasteiger partial charge in [-0.1, -0.05) is 43.9 Å². The van der Waals surface area contributed by atoms with E-state index in [1.54, 1.807) is 47.0 Å². The van der Waals surface area contributed by atoms with Gasteiger partial charge in [0.05, 0.1) is 24.5 Å². The lowest BCUT2D eigenvalue weighted by Crippen LogP contribution is -2.53. The summed E-state index contributed by atoms with van der Waals surface area (Å²) in [4.78, 5) is 83.1. The molecule has 414 valence electrons. The number of aryl methyl sites for hydroxylation is 2. The number of rotatable bonds is 15. The van der Waals surface area contributed by atoms with E-state index in [9.17, 15) is 32.8 Å². The van der Waals surface area contributed by atoms with E-state index >= 15 is 0 Å². The van der Waals surface area contributed by atoms with Crippen LogP contribution in [0.15, 0.2) is 54.9 Å². The van der Waals surface area contributed by atoms with Crippen LogP contribution in [-0.2, 0) is 45.6 Å². The van der Waals surface area contributed by atoms with Gasteiger partial charge in [0.25, 0.3) is 18.8 Å². The molecule has 18 nitrogen and oxygen atoms in total. The molecular formula is C58H71F2N11O7. The lowest BCUT2D eigenvalue weighted by molar-refractivity contribution is -0.134. The van der Waals surface area contributed by atoms with Crippen molar-refractivity contribution in [3.63, 3.8) is 0 Å². The molecule has 8 heterocycles.